The molecule has 0 bridgehead atoms. The molecule has 0 aliphatic heterocycles. The van der Waals surface area contributed by atoms with Gasteiger partial charge in [0.2, 0.25) is 0 Å². The Kier molecular flexibility index (Phi) is 9.31. The Bertz CT molecular complexity index is 928. The number of halogens is 3. The molecule has 3 unspecified atom stereocenters. The molecule has 0 saturated heterocycles. The van der Waals surface area contributed by atoms with Crippen molar-refractivity contribution < 1.29 is 28.2 Å². The van der Waals surface area contributed by atoms with Gasteiger partial charge in [0.1, 0.15) is 0 Å². The number of carboxylic acids is 1. The van der Waals surface area contributed by atoms with E-state index in [9.17, 15) is 18.3 Å². The van der Waals surface area contributed by atoms with E-state index in [4.69, 9.17) is 9.90 Å². The van der Waals surface area contributed by atoms with Crippen LogP contribution in [0.15, 0.2) is 54.6 Å². The third kappa shape index (κ3) is 7.84. The maximum Gasteiger partial charge on any atom is 0.490 e. The van der Waals surface area contributed by atoms with Crippen LogP contribution < -0.4 is 5.32 Å². The van der Waals surface area contributed by atoms with Crippen LogP contribution in [0.3, 0.4) is 0 Å². The van der Waals surface area contributed by atoms with Crippen molar-refractivity contribution in [1.82, 2.24) is 5.32 Å². The lowest BCUT2D eigenvalue weighted by Crippen LogP contribution is -2.45. The third-order valence-corrected chi connectivity index (χ3v) is 6.83. The summed E-state index contributed by atoms with van der Waals surface area (Å²) in [5.41, 5.74) is 4.30. The molecule has 3 atom stereocenters. The van der Waals surface area contributed by atoms with Gasteiger partial charge in [-0.25, -0.2) is 4.79 Å². The molecule has 1 aliphatic rings. The second-order valence-corrected chi connectivity index (χ2v) is 10.2. The molecular formula is C27H36F3NO3. The molecule has 3 rings (SSSR count). The largest absolute Gasteiger partial charge is 0.490 e. The van der Waals surface area contributed by atoms with Crippen LogP contribution in [0.25, 0.3) is 0 Å². The summed E-state index contributed by atoms with van der Waals surface area (Å²) in [6.45, 7) is 9.68. The number of hydrogen-bond donors (Lipinski definition) is 3. The Morgan fingerprint density at radius 2 is 1.68 bits per heavy atom. The summed E-state index contributed by atoms with van der Waals surface area (Å²) < 4.78 is 31.7. The smallest absolute Gasteiger partial charge is 0.475 e. The molecule has 7 heteroatoms. The molecule has 0 radical (unpaired) electrons. The Labute approximate surface area is 200 Å². The predicted octanol–water partition coefficient (Wildman–Crippen LogP) is 5.52. The van der Waals surface area contributed by atoms with Crippen molar-refractivity contribution >= 4 is 5.97 Å². The minimum absolute atomic E-state index is 0.178. The summed E-state index contributed by atoms with van der Waals surface area (Å²) in [6, 6.07) is 19.9. The van der Waals surface area contributed by atoms with E-state index in [1.54, 1.807) is 0 Å². The monoisotopic (exact) mass is 479 g/mol. The first kappa shape index (κ1) is 27.9. The van der Waals surface area contributed by atoms with Crippen LogP contribution in [0.4, 0.5) is 13.2 Å². The summed E-state index contributed by atoms with van der Waals surface area (Å²) in [7, 11) is 0. The summed E-state index contributed by atoms with van der Waals surface area (Å²) in [4.78, 5) is 8.90. The minimum Gasteiger partial charge on any atom is -0.475 e. The van der Waals surface area contributed by atoms with Crippen LogP contribution in [0.5, 0.6) is 0 Å². The zero-order chi connectivity index (χ0) is 25.6. The molecule has 2 aromatic rings. The Balaban J connectivity index is 0.000000509. The molecule has 0 aromatic heterocycles. The zero-order valence-corrected chi connectivity index (χ0v) is 20.3. The first-order valence-corrected chi connectivity index (χ1v) is 11.6. The van der Waals surface area contributed by atoms with Gasteiger partial charge in [-0.15, -0.1) is 0 Å². The lowest BCUT2D eigenvalue weighted by Gasteiger charge is -2.35. The van der Waals surface area contributed by atoms with Crippen LogP contribution in [0.2, 0.25) is 0 Å². The minimum atomic E-state index is -5.08. The fourth-order valence-electron chi connectivity index (χ4n) is 4.37. The maximum atomic E-state index is 10.6. The van der Waals surface area contributed by atoms with Crippen molar-refractivity contribution in [2.24, 2.45) is 5.41 Å². The summed E-state index contributed by atoms with van der Waals surface area (Å²) in [5.74, 6) is -2.76. The van der Waals surface area contributed by atoms with Gasteiger partial charge in [0.15, 0.2) is 0 Å². The van der Waals surface area contributed by atoms with Crippen molar-refractivity contribution in [2.45, 2.75) is 77.1 Å². The van der Waals surface area contributed by atoms with Crippen molar-refractivity contribution in [2.75, 3.05) is 6.54 Å². The Morgan fingerprint density at radius 1 is 1.12 bits per heavy atom. The standard InChI is InChI=1S/C25H35NO.C2HF3O2/c1-19(27)25(4,17-20-10-6-5-7-11-20)18-26-22-14-15-24(2,3)23-13-9-8-12-21(23)16-22;3-2(4,5)1(6)7/h5-13,19,22,26-27H,14-18H2,1-4H3;(H,6,7). The van der Waals surface area contributed by atoms with Crippen LogP contribution in [-0.2, 0) is 23.1 Å². The SMILES string of the molecule is CC(O)C(C)(CNC1CCC(C)(C)c2ccccc2C1)Cc1ccccc1.O=C(O)C(F)(F)F. The Morgan fingerprint density at radius 3 is 2.24 bits per heavy atom. The van der Waals surface area contributed by atoms with Crippen LogP contribution in [0, 0.1) is 5.41 Å². The zero-order valence-electron chi connectivity index (χ0n) is 20.3. The van der Waals surface area contributed by atoms with Crippen molar-refractivity contribution in [3.63, 3.8) is 0 Å². The van der Waals surface area contributed by atoms with Gasteiger partial charge in [-0.05, 0) is 54.7 Å². The average molecular weight is 480 g/mol. The van der Waals surface area contributed by atoms with E-state index in [1.807, 2.05) is 13.0 Å². The molecule has 0 spiro atoms. The number of nitrogens with one attached hydrogen (secondary N) is 1. The number of aliphatic hydroxyl groups is 1. The van der Waals surface area contributed by atoms with Gasteiger partial charge in [-0.1, -0.05) is 75.4 Å². The van der Waals surface area contributed by atoms with Gasteiger partial charge in [0.05, 0.1) is 6.10 Å². The third-order valence-electron chi connectivity index (χ3n) is 6.83. The summed E-state index contributed by atoms with van der Waals surface area (Å²) >= 11 is 0. The molecular weight excluding hydrogens is 443 g/mol. The van der Waals surface area contributed by atoms with Crippen LogP contribution in [0.1, 0.15) is 57.2 Å². The molecule has 34 heavy (non-hydrogen) atoms. The quantitative estimate of drug-likeness (QED) is 0.477. The Hall–Kier alpha value is -2.38. The van der Waals surface area contributed by atoms with E-state index in [0.29, 0.717) is 6.04 Å². The molecule has 1 aliphatic carbocycles. The number of rotatable bonds is 6. The van der Waals surface area contributed by atoms with Gasteiger partial charge in [0.25, 0.3) is 0 Å². The van der Waals surface area contributed by atoms with Gasteiger partial charge >= 0.3 is 12.1 Å². The highest BCUT2D eigenvalue weighted by Crippen LogP contribution is 2.36. The molecule has 0 heterocycles. The molecule has 2 aromatic carbocycles. The first-order valence-electron chi connectivity index (χ1n) is 11.6. The van der Waals surface area contributed by atoms with E-state index >= 15 is 0 Å². The van der Waals surface area contributed by atoms with Crippen LogP contribution in [-0.4, -0.2) is 41.0 Å². The molecule has 3 N–H and O–H groups in total. The number of aliphatic carboxylic acids is 1. The van der Waals surface area contributed by atoms with Crippen molar-refractivity contribution in [3.8, 4) is 0 Å². The number of fused-ring (bicyclic) bond motifs is 1. The number of carbonyl (C=O) groups is 1. The summed E-state index contributed by atoms with van der Waals surface area (Å²) in [5, 5.41) is 21.5. The molecule has 4 nitrogen and oxygen atoms in total. The van der Waals surface area contributed by atoms with E-state index in [1.165, 1.54) is 29.5 Å². The lowest BCUT2D eigenvalue weighted by atomic mass is 9.78. The van der Waals surface area contributed by atoms with Crippen molar-refractivity contribution in [1.29, 1.82) is 0 Å². The van der Waals surface area contributed by atoms with Gasteiger partial charge < -0.3 is 15.5 Å². The second kappa shape index (κ2) is 11.4. The molecule has 0 amide bonds. The summed E-state index contributed by atoms with van der Waals surface area (Å²) in [6.07, 6.45) is -1.14. The molecule has 0 saturated carbocycles. The maximum absolute atomic E-state index is 10.6. The topological polar surface area (TPSA) is 69.6 Å². The normalized spacial score (nSPS) is 20.1. The van der Waals surface area contributed by atoms with Crippen molar-refractivity contribution in [3.05, 3.63) is 71.3 Å². The lowest BCUT2D eigenvalue weighted by molar-refractivity contribution is -0.192. The van der Waals surface area contributed by atoms with E-state index in [2.05, 4.69) is 74.6 Å². The average Bonchev–Trinajstić information content (AvgIpc) is 2.89. The van der Waals surface area contributed by atoms with E-state index in [-0.39, 0.29) is 16.9 Å². The molecule has 188 valence electrons. The van der Waals surface area contributed by atoms with Gasteiger partial charge in [-0.3, -0.25) is 0 Å². The number of aliphatic hydroxyl groups excluding tert-OH is 1. The number of carboxylic acid groups (broad SMARTS) is 1. The first-order chi connectivity index (χ1) is 15.7. The highest BCUT2D eigenvalue weighted by molar-refractivity contribution is 5.73. The fourth-order valence-corrected chi connectivity index (χ4v) is 4.37. The fraction of sp³-hybridized carbons (Fsp3) is 0.519. The second-order valence-electron chi connectivity index (χ2n) is 10.2. The highest BCUT2D eigenvalue weighted by atomic mass is 19.4. The van der Waals surface area contributed by atoms with Gasteiger partial charge in [0, 0.05) is 18.0 Å². The van der Waals surface area contributed by atoms with E-state index in [0.717, 1.165) is 19.4 Å². The number of hydrogen-bond acceptors (Lipinski definition) is 3. The van der Waals surface area contributed by atoms with Gasteiger partial charge in [-0.2, -0.15) is 13.2 Å². The van der Waals surface area contributed by atoms with E-state index < -0.39 is 12.1 Å². The number of benzene rings is 2. The highest BCUT2D eigenvalue weighted by Gasteiger charge is 2.38. The van der Waals surface area contributed by atoms with Crippen LogP contribution >= 0.6 is 0 Å². The number of alkyl halides is 3. The molecule has 0 fully saturated rings. The predicted molar refractivity (Wildman–Crippen MR) is 128 cm³/mol.